The topological polar surface area (TPSA) is 65.1 Å². The molecule has 5 nitrogen and oxygen atoms in total. The van der Waals surface area contributed by atoms with Gasteiger partial charge in [0, 0.05) is 6.54 Å². The smallest absolute Gasteiger partial charge is 0.161 e. The number of hydrogen-bond donors (Lipinski definition) is 2. The first-order chi connectivity index (χ1) is 9.31. The van der Waals surface area contributed by atoms with E-state index in [0.29, 0.717) is 5.92 Å². The van der Waals surface area contributed by atoms with Crippen LogP contribution in [0.3, 0.4) is 0 Å². The van der Waals surface area contributed by atoms with Gasteiger partial charge < -0.3 is 4.74 Å². The molecule has 19 heavy (non-hydrogen) atoms. The third-order valence-electron chi connectivity index (χ3n) is 4.10. The summed E-state index contributed by atoms with van der Waals surface area (Å²) in [7, 11) is 1.70. The van der Waals surface area contributed by atoms with Gasteiger partial charge in [-0.1, -0.05) is 26.2 Å². The van der Waals surface area contributed by atoms with Gasteiger partial charge in [-0.3, -0.25) is 16.0 Å². The monoisotopic (exact) mass is 266 g/mol. The third kappa shape index (κ3) is 3.09. The molecule has 3 N–H and O–H groups in total. The molecule has 0 bridgehead atoms. The lowest BCUT2D eigenvalue weighted by Gasteiger charge is -2.30. The minimum absolute atomic E-state index is 0.143. The van der Waals surface area contributed by atoms with Crippen molar-refractivity contribution in [3.63, 3.8) is 0 Å². The molecule has 5 heteroatoms. The molecule has 1 aromatic rings. The first-order valence-corrected chi connectivity index (χ1v) is 7.37. The van der Waals surface area contributed by atoms with E-state index in [0.717, 1.165) is 24.4 Å². The Morgan fingerprint density at radius 1 is 1.47 bits per heavy atom. The Bertz CT molecular complexity index is 385. The van der Waals surface area contributed by atoms with E-state index in [4.69, 9.17) is 10.6 Å². The van der Waals surface area contributed by atoms with Gasteiger partial charge in [-0.15, -0.1) is 0 Å². The van der Waals surface area contributed by atoms with E-state index in [9.17, 15) is 0 Å². The van der Waals surface area contributed by atoms with Crippen molar-refractivity contribution in [1.82, 2.24) is 15.2 Å². The number of rotatable bonds is 6. The second-order valence-corrected chi connectivity index (χ2v) is 5.36. The predicted octanol–water partition coefficient (Wildman–Crippen LogP) is 2.39. The first-order valence-electron chi connectivity index (χ1n) is 7.37. The highest BCUT2D eigenvalue weighted by atomic mass is 16.5. The minimum Gasteiger partial charge on any atom is -0.493 e. The highest BCUT2D eigenvalue weighted by Gasteiger charge is 2.29. The molecule has 2 rings (SSSR count). The maximum absolute atomic E-state index is 5.84. The standard InChI is InChI=1S/C14H26N4O/c1-3-9-18-14(12(19-2)10-16-18)13(17-15)11-7-5-4-6-8-11/h10-11,13,17H,3-9,15H2,1-2H3. The zero-order valence-corrected chi connectivity index (χ0v) is 12.1. The summed E-state index contributed by atoms with van der Waals surface area (Å²) in [6.45, 7) is 3.06. The lowest BCUT2D eigenvalue weighted by molar-refractivity contribution is 0.256. The van der Waals surface area contributed by atoms with Gasteiger partial charge in [0.2, 0.25) is 0 Å². The first kappa shape index (κ1) is 14.3. The summed E-state index contributed by atoms with van der Waals surface area (Å²) in [6.07, 6.45) is 9.27. The van der Waals surface area contributed by atoms with E-state index in [1.165, 1.54) is 32.1 Å². The van der Waals surface area contributed by atoms with Crippen LogP contribution in [0.5, 0.6) is 5.75 Å². The maximum Gasteiger partial charge on any atom is 0.161 e. The lowest BCUT2D eigenvalue weighted by Crippen LogP contribution is -2.36. The summed E-state index contributed by atoms with van der Waals surface area (Å²) < 4.78 is 7.51. The molecule has 1 unspecified atom stereocenters. The summed E-state index contributed by atoms with van der Waals surface area (Å²) in [4.78, 5) is 0. The highest BCUT2D eigenvalue weighted by molar-refractivity contribution is 5.29. The molecule has 108 valence electrons. The van der Waals surface area contributed by atoms with Gasteiger partial charge in [0.1, 0.15) is 0 Å². The average molecular weight is 266 g/mol. The van der Waals surface area contributed by atoms with Gasteiger partial charge in [0.05, 0.1) is 25.0 Å². The van der Waals surface area contributed by atoms with Gasteiger partial charge >= 0.3 is 0 Å². The van der Waals surface area contributed by atoms with Crippen molar-refractivity contribution in [3.8, 4) is 5.75 Å². The van der Waals surface area contributed by atoms with Crippen LogP contribution in [0.2, 0.25) is 0 Å². The quantitative estimate of drug-likeness (QED) is 0.613. The Labute approximate surface area is 115 Å². The molecule has 0 spiro atoms. The molecule has 0 aromatic carbocycles. The molecular formula is C14H26N4O. The Morgan fingerprint density at radius 2 is 2.21 bits per heavy atom. The molecular weight excluding hydrogens is 240 g/mol. The number of ether oxygens (including phenoxy) is 1. The van der Waals surface area contributed by atoms with Crippen molar-refractivity contribution in [1.29, 1.82) is 0 Å². The minimum atomic E-state index is 0.143. The van der Waals surface area contributed by atoms with Gasteiger partial charge in [0.15, 0.2) is 5.75 Å². The average Bonchev–Trinajstić information content (AvgIpc) is 2.85. The summed E-state index contributed by atoms with van der Waals surface area (Å²) >= 11 is 0. The fourth-order valence-corrected chi connectivity index (χ4v) is 3.14. The SMILES string of the molecule is CCCn1ncc(OC)c1C(NN)C1CCCCC1. The van der Waals surface area contributed by atoms with Crippen LogP contribution < -0.4 is 16.0 Å². The molecule has 1 saturated carbocycles. The highest BCUT2D eigenvalue weighted by Crippen LogP contribution is 2.37. The van der Waals surface area contributed by atoms with Gasteiger partial charge in [0.25, 0.3) is 0 Å². The van der Waals surface area contributed by atoms with E-state index >= 15 is 0 Å². The van der Waals surface area contributed by atoms with Gasteiger partial charge in [-0.25, -0.2) is 0 Å². The zero-order valence-electron chi connectivity index (χ0n) is 12.1. The normalized spacial score (nSPS) is 18.5. The molecule has 1 aliphatic rings. The summed E-state index contributed by atoms with van der Waals surface area (Å²) in [6, 6.07) is 0.143. The van der Waals surface area contributed by atoms with Crippen LogP contribution in [0.25, 0.3) is 0 Å². The Kier molecular flexibility index (Phi) is 5.22. The third-order valence-corrected chi connectivity index (χ3v) is 4.10. The number of nitrogens with one attached hydrogen (secondary N) is 1. The summed E-state index contributed by atoms with van der Waals surface area (Å²) in [5, 5.41) is 4.44. The van der Waals surface area contributed by atoms with Crippen LogP contribution in [0, 0.1) is 5.92 Å². The molecule has 0 radical (unpaired) electrons. The van der Waals surface area contributed by atoms with E-state index < -0.39 is 0 Å². The second kappa shape index (κ2) is 6.91. The Balaban J connectivity index is 2.26. The number of nitrogens with two attached hydrogens (primary N) is 1. The lowest BCUT2D eigenvalue weighted by atomic mass is 9.82. The summed E-state index contributed by atoms with van der Waals surface area (Å²) in [5.41, 5.74) is 4.12. The van der Waals surface area contributed by atoms with Gasteiger partial charge in [-0.05, 0) is 25.2 Å². The Morgan fingerprint density at radius 3 is 2.79 bits per heavy atom. The van der Waals surface area contributed by atoms with Gasteiger partial charge in [-0.2, -0.15) is 5.10 Å². The molecule has 1 fully saturated rings. The van der Waals surface area contributed by atoms with Crippen LogP contribution in [-0.2, 0) is 6.54 Å². The van der Waals surface area contributed by atoms with Crippen LogP contribution in [0.15, 0.2) is 6.20 Å². The number of hydrazine groups is 1. The largest absolute Gasteiger partial charge is 0.493 e. The van der Waals surface area contributed by atoms with Crippen molar-refractivity contribution in [3.05, 3.63) is 11.9 Å². The number of methoxy groups -OCH3 is 1. The van der Waals surface area contributed by atoms with Crippen LogP contribution in [-0.4, -0.2) is 16.9 Å². The fraction of sp³-hybridized carbons (Fsp3) is 0.786. The molecule has 0 aliphatic heterocycles. The number of hydrogen-bond acceptors (Lipinski definition) is 4. The summed E-state index contributed by atoms with van der Waals surface area (Å²) in [5.74, 6) is 7.27. The van der Waals surface area contributed by atoms with Crippen molar-refractivity contribution >= 4 is 0 Å². The number of aryl methyl sites for hydroxylation is 1. The Hall–Kier alpha value is -1.07. The van der Waals surface area contributed by atoms with Crippen molar-refractivity contribution in [2.75, 3.05) is 7.11 Å². The second-order valence-electron chi connectivity index (χ2n) is 5.36. The van der Waals surface area contributed by atoms with Crippen LogP contribution in [0.4, 0.5) is 0 Å². The fourth-order valence-electron chi connectivity index (χ4n) is 3.14. The number of aromatic nitrogens is 2. The van der Waals surface area contributed by atoms with E-state index in [2.05, 4.69) is 17.4 Å². The van der Waals surface area contributed by atoms with Crippen molar-refractivity contribution in [2.45, 2.75) is 58.0 Å². The van der Waals surface area contributed by atoms with E-state index in [1.54, 1.807) is 13.3 Å². The maximum atomic E-state index is 5.84. The zero-order chi connectivity index (χ0) is 13.7. The molecule has 0 saturated heterocycles. The van der Waals surface area contributed by atoms with Crippen molar-refractivity contribution in [2.24, 2.45) is 11.8 Å². The molecule has 1 aliphatic carbocycles. The van der Waals surface area contributed by atoms with Crippen molar-refractivity contribution < 1.29 is 4.74 Å². The number of nitrogens with zero attached hydrogens (tertiary/aromatic N) is 2. The predicted molar refractivity (Wildman–Crippen MR) is 75.7 cm³/mol. The van der Waals surface area contributed by atoms with E-state index in [-0.39, 0.29) is 6.04 Å². The molecule has 1 heterocycles. The van der Waals surface area contributed by atoms with Crippen LogP contribution in [0.1, 0.15) is 57.2 Å². The van der Waals surface area contributed by atoms with Crippen LogP contribution >= 0.6 is 0 Å². The molecule has 1 aromatic heterocycles. The van der Waals surface area contributed by atoms with E-state index in [1.807, 2.05) is 4.68 Å². The molecule has 0 amide bonds. The molecule has 1 atom stereocenters.